The molecule has 0 spiro atoms. The maximum atomic E-state index is 5.62. The van der Waals surface area contributed by atoms with Gasteiger partial charge >= 0.3 is 0 Å². The van der Waals surface area contributed by atoms with E-state index < -0.39 is 0 Å². The quantitative estimate of drug-likeness (QED) is 0.249. The van der Waals surface area contributed by atoms with Crippen molar-refractivity contribution >= 4 is 24.4 Å². The molecule has 0 saturated heterocycles. The second kappa shape index (κ2) is 10.5. The summed E-state index contributed by atoms with van der Waals surface area (Å²) < 4.78 is 10.1. The number of hydrogen-bond acceptors (Lipinski definition) is 4. The summed E-state index contributed by atoms with van der Waals surface area (Å²) in [6.45, 7) is 3.28. The summed E-state index contributed by atoms with van der Waals surface area (Å²) in [4.78, 5) is 8.76. The fourth-order valence-electron chi connectivity index (χ4n) is 3.56. The lowest BCUT2D eigenvalue weighted by Crippen LogP contribution is -2.05. The van der Waals surface area contributed by atoms with E-state index in [2.05, 4.69) is 40.6 Å². The zero-order valence-electron chi connectivity index (χ0n) is 17.4. The monoisotopic (exact) mass is 450 g/mol. The van der Waals surface area contributed by atoms with E-state index in [0.29, 0.717) is 13.1 Å². The Balaban J connectivity index is 1.23. The Hall–Kier alpha value is -2.84. The standard InChI is InChI=1S/C23H26N6S2/c30-22-26(14-16-28(22)18-20-8-2-4-10-24-20)12-6-1-7-13-27-15-17-29(23(27)31)19-21-9-3-5-11-25-21/h2-5,8-11,14-17H,1,6-7,12-13,18-19H2. The van der Waals surface area contributed by atoms with Crippen molar-refractivity contribution in [2.24, 2.45) is 0 Å². The van der Waals surface area contributed by atoms with Gasteiger partial charge in [-0.15, -0.1) is 0 Å². The number of rotatable bonds is 10. The van der Waals surface area contributed by atoms with E-state index in [4.69, 9.17) is 24.4 Å². The number of pyridine rings is 2. The fourth-order valence-corrected chi connectivity index (χ4v) is 4.12. The molecule has 4 aromatic heterocycles. The predicted octanol–water partition coefficient (Wildman–Crippen LogP) is 5.11. The van der Waals surface area contributed by atoms with Crippen molar-refractivity contribution in [3.05, 3.63) is 94.5 Å². The van der Waals surface area contributed by atoms with E-state index in [1.54, 1.807) is 0 Å². The van der Waals surface area contributed by atoms with Crippen molar-refractivity contribution in [1.29, 1.82) is 0 Å². The number of nitrogens with zero attached hydrogens (tertiary/aromatic N) is 6. The van der Waals surface area contributed by atoms with E-state index in [1.165, 1.54) is 0 Å². The van der Waals surface area contributed by atoms with Gasteiger partial charge in [0.25, 0.3) is 0 Å². The molecule has 0 aliphatic rings. The fraction of sp³-hybridized carbons (Fsp3) is 0.304. The van der Waals surface area contributed by atoms with Gasteiger partial charge in [-0.2, -0.15) is 0 Å². The van der Waals surface area contributed by atoms with Crippen LogP contribution in [0, 0.1) is 9.54 Å². The second-order valence-electron chi connectivity index (χ2n) is 7.51. The second-order valence-corrected chi connectivity index (χ2v) is 8.24. The molecule has 0 aliphatic heterocycles. The SMILES string of the molecule is S=c1n(CCCCCn2ccn(Cc3ccccn3)c2=S)ccn1Cc1ccccn1. The molecular weight excluding hydrogens is 424 g/mol. The van der Waals surface area contributed by atoms with Gasteiger partial charge < -0.3 is 18.3 Å². The summed E-state index contributed by atoms with van der Waals surface area (Å²) in [6.07, 6.45) is 15.2. The molecule has 6 nitrogen and oxygen atoms in total. The lowest BCUT2D eigenvalue weighted by Gasteiger charge is -2.06. The average Bonchev–Trinajstić information content (AvgIpc) is 3.32. The molecule has 4 heterocycles. The highest BCUT2D eigenvalue weighted by Crippen LogP contribution is 2.08. The topological polar surface area (TPSA) is 45.5 Å². The first-order valence-electron chi connectivity index (χ1n) is 10.5. The number of unbranched alkanes of at least 4 members (excludes halogenated alkanes) is 2. The summed E-state index contributed by atoms with van der Waals surface area (Å²) in [7, 11) is 0. The van der Waals surface area contributed by atoms with E-state index in [9.17, 15) is 0 Å². The lowest BCUT2D eigenvalue weighted by molar-refractivity contribution is 0.532. The van der Waals surface area contributed by atoms with Gasteiger partial charge in [-0.05, 0) is 68.0 Å². The molecule has 8 heteroatoms. The van der Waals surface area contributed by atoms with Gasteiger partial charge in [-0.1, -0.05) is 12.1 Å². The average molecular weight is 451 g/mol. The van der Waals surface area contributed by atoms with E-state index in [-0.39, 0.29) is 0 Å². The highest BCUT2D eigenvalue weighted by molar-refractivity contribution is 7.71. The minimum Gasteiger partial charge on any atom is -0.324 e. The Morgan fingerprint density at radius 1 is 0.581 bits per heavy atom. The Bertz CT molecular complexity index is 1110. The molecule has 0 fully saturated rings. The van der Waals surface area contributed by atoms with Crippen molar-refractivity contribution in [1.82, 2.24) is 28.2 Å². The zero-order valence-corrected chi connectivity index (χ0v) is 19.0. The normalized spacial score (nSPS) is 11.1. The van der Waals surface area contributed by atoms with Crippen LogP contribution in [0.1, 0.15) is 30.7 Å². The zero-order chi connectivity index (χ0) is 21.5. The summed E-state index contributed by atoms with van der Waals surface area (Å²) >= 11 is 11.2. The first kappa shape index (κ1) is 21.4. The van der Waals surface area contributed by atoms with Crippen LogP contribution in [0.25, 0.3) is 0 Å². The van der Waals surface area contributed by atoms with Crippen LogP contribution in [-0.4, -0.2) is 28.2 Å². The minimum absolute atomic E-state index is 0.709. The summed E-state index contributed by atoms with van der Waals surface area (Å²) in [5.41, 5.74) is 2.03. The van der Waals surface area contributed by atoms with Crippen LogP contribution in [0.2, 0.25) is 0 Å². The molecule has 31 heavy (non-hydrogen) atoms. The minimum atomic E-state index is 0.709. The van der Waals surface area contributed by atoms with Crippen LogP contribution < -0.4 is 0 Å². The first-order valence-corrected chi connectivity index (χ1v) is 11.3. The van der Waals surface area contributed by atoms with Crippen LogP contribution >= 0.6 is 24.4 Å². The molecule has 4 aromatic rings. The highest BCUT2D eigenvalue weighted by Gasteiger charge is 2.04. The number of aromatic nitrogens is 6. The maximum absolute atomic E-state index is 5.62. The van der Waals surface area contributed by atoms with E-state index in [0.717, 1.165) is 53.3 Å². The van der Waals surface area contributed by atoms with Crippen molar-refractivity contribution < 1.29 is 0 Å². The van der Waals surface area contributed by atoms with Gasteiger partial charge in [-0.25, -0.2) is 0 Å². The largest absolute Gasteiger partial charge is 0.324 e. The molecule has 0 radical (unpaired) electrons. The molecular formula is C23H26N6S2. The van der Waals surface area contributed by atoms with Crippen molar-refractivity contribution in [3.8, 4) is 0 Å². The Kier molecular flexibility index (Phi) is 7.22. The van der Waals surface area contributed by atoms with Gasteiger partial charge in [0, 0.05) is 50.3 Å². The van der Waals surface area contributed by atoms with Gasteiger partial charge in [0.1, 0.15) is 0 Å². The van der Waals surface area contributed by atoms with Gasteiger partial charge in [0.05, 0.1) is 24.5 Å². The van der Waals surface area contributed by atoms with Crippen LogP contribution in [0.3, 0.4) is 0 Å². The Labute approximate surface area is 192 Å². The van der Waals surface area contributed by atoms with Crippen molar-refractivity contribution in [2.75, 3.05) is 0 Å². The lowest BCUT2D eigenvalue weighted by atomic mass is 10.2. The van der Waals surface area contributed by atoms with Gasteiger partial charge in [0.2, 0.25) is 0 Å². The molecule has 0 atom stereocenters. The smallest absolute Gasteiger partial charge is 0.180 e. The summed E-state index contributed by atoms with van der Waals surface area (Å²) in [5, 5.41) is 0. The Morgan fingerprint density at radius 2 is 1.03 bits per heavy atom. The van der Waals surface area contributed by atoms with Crippen LogP contribution in [0.4, 0.5) is 0 Å². The third-order valence-corrected chi connectivity index (χ3v) is 6.19. The van der Waals surface area contributed by atoms with E-state index in [1.807, 2.05) is 61.2 Å². The first-order chi connectivity index (χ1) is 15.2. The van der Waals surface area contributed by atoms with Crippen molar-refractivity contribution in [2.45, 2.75) is 45.4 Å². The highest BCUT2D eigenvalue weighted by atomic mass is 32.1. The number of imidazole rings is 2. The molecule has 0 N–H and O–H groups in total. The number of hydrogen-bond donors (Lipinski definition) is 0. The summed E-state index contributed by atoms with van der Waals surface area (Å²) in [5.74, 6) is 0. The van der Waals surface area contributed by atoms with Gasteiger partial charge in [0.15, 0.2) is 9.54 Å². The number of aryl methyl sites for hydroxylation is 2. The third-order valence-electron chi connectivity index (χ3n) is 5.25. The van der Waals surface area contributed by atoms with Gasteiger partial charge in [-0.3, -0.25) is 9.97 Å². The molecule has 0 amide bonds. The van der Waals surface area contributed by atoms with Crippen LogP contribution in [0.5, 0.6) is 0 Å². The summed E-state index contributed by atoms with van der Waals surface area (Å²) in [6, 6.07) is 11.9. The molecule has 160 valence electrons. The predicted molar refractivity (Wildman–Crippen MR) is 127 cm³/mol. The molecule has 0 unspecified atom stereocenters. The molecule has 4 rings (SSSR count). The van der Waals surface area contributed by atoms with Crippen LogP contribution in [-0.2, 0) is 26.2 Å². The molecule has 0 saturated carbocycles. The van der Waals surface area contributed by atoms with Crippen molar-refractivity contribution in [3.63, 3.8) is 0 Å². The maximum Gasteiger partial charge on any atom is 0.180 e. The molecule has 0 aromatic carbocycles. The Morgan fingerprint density at radius 3 is 1.45 bits per heavy atom. The molecule has 0 aliphatic carbocycles. The van der Waals surface area contributed by atoms with Crippen LogP contribution in [0.15, 0.2) is 73.6 Å². The third kappa shape index (κ3) is 5.65. The van der Waals surface area contributed by atoms with E-state index >= 15 is 0 Å². The molecule has 0 bridgehead atoms.